The van der Waals surface area contributed by atoms with Crippen LogP contribution in [0.15, 0.2) is 30.6 Å². The second-order valence-electron chi connectivity index (χ2n) is 4.78. The van der Waals surface area contributed by atoms with Gasteiger partial charge in [0.2, 0.25) is 0 Å². The van der Waals surface area contributed by atoms with E-state index in [-0.39, 0.29) is 6.10 Å². The minimum atomic E-state index is -1.26. The Morgan fingerprint density at radius 3 is 2.57 bits per heavy atom. The highest BCUT2D eigenvalue weighted by Gasteiger charge is 2.21. The standard InChI is InChI=1S/C11H13N3O.C4H4O4/c1-14-5-3-10(8-14)15-11-7-13-4-2-9(11)6-12;5-3(6)1-2-4(7)8/h2,4,7,10H,3,5,8H2,1H3;1-2H,(H,5,6)(H,7,8)/b;2-1+. The fourth-order valence-corrected chi connectivity index (χ4v) is 1.88. The lowest BCUT2D eigenvalue weighted by Crippen LogP contribution is -2.21. The molecule has 2 heterocycles. The molecule has 8 nitrogen and oxygen atoms in total. The number of pyridine rings is 1. The molecule has 0 radical (unpaired) electrons. The molecule has 2 rings (SSSR count). The van der Waals surface area contributed by atoms with Gasteiger partial charge >= 0.3 is 11.9 Å². The highest BCUT2D eigenvalue weighted by Crippen LogP contribution is 2.20. The van der Waals surface area contributed by atoms with Gasteiger partial charge in [0.1, 0.15) is 12.2 Å². The minimum Gasteiger partial charge on any atom is -0.486 e. The van der Waals surface area contributed by atoms with Crippen molar-refractivity contribution in [1.82, 2.24) is 9.88 Å². The number of carboxylic acids is 2. The number of rotatable bonds is 4. The van der Waals surface area contributed by atoms with Crippen LogP contribution in [0.25, 0.3) is 0 Å². The molecule has 0 spiro atoms. The van der Waals surface area contributed by atoms with E-state index in [1.54, 1.807) is 18.5 Å². The second kappa shape index (κ2) is 9.17. The van der Waals surface area contributed by atoms with Crippen molar-refractivity contribution in [1.29, 1.82) is 5.26 Å². The van der Waals surface area contributed by atoms with E-state index in [1.165, 1.54) is 0 Å². The summed E-state index contributed by atoms with van der Waals surface area (Å²) in [6, 6.07) is 3.78. The van der Waals surface area contributed by atoms with Crippen molar-refractivity contribution >= 4 is 11.9 Å². The van der Waals surface area contributed by atoms with Gasteiger partial charge in [-0.2, -0.15) is 5.26 Å². The Hall–Kier alpha value is -2.92. The SMILES string of the molecule is CN1CCC(Oc2cnccc2C#N)C1.O=C(O)/C=C/C(=O)O. The maximum absolute atomic E-state index is 9.55. The zero-order valence-electron chi connectivity index (χ0n) is 12.5. The molecule has 8 heteroatoms. The number of aliphatic carboxylic acids is 2. The molecule has 122 valence electrons. The van der Waals surface area contributed by atoms with Crippen LogP contribution in [0.5, 0.6) is 5.75 Å². The van der Waals surface area contributed by atoms with Crippen LogP contribution in [0.3, 0.4) is 0 Å². The number of carboxylic acid groups (broad SMARTS) is 2. The number of likely N-dealkylation sites (tertiary alicyclic amines) is 1. The second-order valence-corrected chi connectivity index (χ2v) is 4.78. The van der Waals surface area contributed by atoms with Crippen molar-refractivity contribution in [3.05, 3.63) is 36.2 Å². The lowest BCUT2D eigenvalue weighted by atomic mass is 10.2. The van der Waals surface area contributed by atoms with Crippen molar-refractivity contribution in [3.63, 3.8) is 0 Å². The number of hydrogen-bond donors (Lipinski definition) is 2. The summed E-state index contributed by atoms with van der Waals surface area (Å²) in [6.45, 7) is 1.96. The fourth-order valence-electron chi connectivity index (χ4n) is 1.88. The Morgan fingerprint density at radius 1 is 1.43 bits per heavy atom. The zero-order chi connectivity index (χ0) is 17.2. The first kappa shape index (κ1) is 18.1. The van der Waals surface area contributed by atoms with Crippen LogP contribution < -0.4 is 4.74 Å². The van der Waals surface area contributed by atoms with Crippen LogP contribution in [0.2, 0.25) is 0 Å². The van der Waals surface area contributed by atoms with Gasteiger partial charge in [-0.3, -0.25) is 4.98 Å². The Morgan fingerprint density at radius 2 is 2.09 bits per heavy atom. The average Bonchev–Trinajstić information content (AvgIpc) is 2.91. The largest absolute Gasteiger partial charge is 0.486 e. The van der Waals surface area contributed by atoms with E-state index >= 15 is 0 Å². The molecule has 0 saturated carbocycles. The number of nitriles is 1. The third-order valence-electron chi connectivity index (χ3n) is 2.92. The van der Waals surface area contributed by atoms with E-state index in [0.717, 1.165) is 19.5 Å². The van der Waals surface area contributed by atoms with Crippen LogP contribution in [0, 0.1) is 11.3 Å². The number of nitrogens with zero attached hydrogens (tertiary/aromatic N) is 3. The van der Waals surface area contributed by atoms with E-state index in [2.05, 4.69) is 23.0 Å². The molecule has 2 N–H and O–H groups in total. The van der Waals surface area contributed by atoms with Gasteiger partial charge in [0.15, 0.2) is 5.75 Å². The van der Waals surface area contributed by atoms with E-state index in [1.807, 2.05) is 0 Å². The first-order valence-electron chi connectivity index (χ1n) is 6.75. The molecular formula is C15H17N3O5. The summed E-state index contributed by atoms with van der Waals surface area (Å²) in [4.78, 5) is 25.3. The van der Waals surface area contributed by atoms with E-state index in [9.17, 15) is 9.59 Å². The molecule has 0 bridgehead atoms. The Labute approximate surface area is 133 Å². The van der Waals surface area contributed by atoms with Gasteiger partial charge in [0.25, 0.3) is 0 Å². The molecule has 0 aliphatic carbocycles. The van der Waals surface area contributed by atoms with Gasteiger partial charge in [-0.05, 0) is 19.5 Å². The van der Waals surface area contributed by atoms with Crippen molar-refractivity contribution < 1.29 is 24.5 Å². The molecule has 1 unspecified atom stereocenters. The molecule has 1 aromatic rings. The normalized spacial score (nSPS) is 17.1. The third-order valence-corrected chi connectivity index (χ3v) is 2.92. The van der Waals surface area contributed by atoms with E-state index in [0.29, 0.717) is 23.5 Å². The van der Waals surface area contributed by atoms with E-state index < -0.39 is 11.9 Å². The molecule has 1 aliphatic heterocycles. The van der Waals surface area contributed by atoms with Crippen molar-refractivity contribution in [2.75, 3.05) is 20.1 Å². The van der Waals surface area contributed by atoms with Gasteiger partial charge in [0, 0.05) is 31.4 Å². The maximum Gasteiger partial charge on any atom is 0.328 e. The fraction of sp³-hybridized carbons (Fsp3) is 0.333. The van der Waals surface area contributed by atoms with Crippen molar-refractivity contribution in [2.45, 2.75) is 12.5 Å². The molecule has 0 aromatic carbocycles. The number of ether oxygens (including phenoxy) is 1. The Bertz CT molecular complexity index is 608. The highest BCUT2D eigenvalue weighted by atomic mass is 16.5. The van der Waals surface area contributed by atoms with Crippen LogP contribution in [-0.4, -0.2) is 58.3 Å². The third kappa shape index (κ3) is 7.06. The summed E-state index contributed by atoms with van der Waals surface area (Å²) >= 11 is 0. The molecule has 1 saturated heterocycles. The van der Waals surface area contributed by atoms with Crippen molar-refractivity contribution in [2.24, 2.45) is 0 Å². The summed E-state index contributed by atoms with van der Waals surface area (Å²) in [6.07, 6.45) is 5.52. The predicted molar refractivity (Wildman–Crippen MR) is 79.9 cm³/mol. The maximum atomic E-state index is 9.55. The van der Waals surface area contributed by atoms with Crippen LogP contribution in [-0.2, 0) is 9.59 Å². The van der Waals surface area contributed by atoms with Crippen LogP contribution in [0.4, 0.5) is 0 Å². The molecule has 1 aliphatic rings. The number of aromatic nitrogens is 1. The Kier molecular flexibility index (Phi) is 7.23. The first-order valence-corrected chi connectivity index (χ1v) is 6.75. The predicted octanol–water partition coefficient (Wildman–Crippen LogP) is 0.748. The molecule has 23 heavy (non-hydrogen) atoms. The van der Waals surface area contributed by atoms with Gasteiger partial charge < -0.3 is 19.8 Å². The zero-order valence-corrected chi connectivity index (χ0v) is 12.5. The summed E-state index contributed by atoms with van der Waals surface area (Å²) in [5, 5.41) is 24.5. The lowest BCUT2D eigenvalue weighted by molar-refractivity contribution is -0.134. The number of likely N-dealkylation sites (N-methyl/N-ethyl adjacent to an activating group) is 1. The molecule has 1 aromatic heterocycles. The van der Waals surface area contributed by atoms with Crippen LogP contribution >= 0.6 is 0 Å². The van der Waals surface area contributed by atoms with Crippen LogP contribution in [0.1, 0.15) is 12.0 Å². The first-order chi connectivity index (χ1) is 10.9. The van der Waals surface area contributed by atoms with Crippen molar-refractivity contribution in [3.8, 4) is 11.8 Å². The Balaban J connectivity index is 0.000000284. The molecule has 0 amide bonds. The van der Waals surface area contributed by atoms with Gasteiger partial charge in [-0.1, -0.05) is 0 Å². The lowest BCUT2D eigenvalue weighted by Gasteiger charge is -2.13. The highest BCUT2D eigenvalue weighted by molar-refractivity contribution is 5.89. The molecule has 1 fully saturated rings. The summed E-state index contributed by atoms with van der Waals surface area (Å²) in [5.74, 6) is -1.92. The minimum absolute atomic E-state index is 0.186. The smallest absolute Gasteiger partial charge is 0.328 e. The summed E-state index contributed by atoms with van der Waals surface area (Å²) < 4.78 is 5.74. The molecule has 1 atom stereocenters. The number of hydrogen-bond acceptors (Lipinski definition) is 6. The monoisotopic (exact) mass is 319 g/mol. The quantitative estimate of drug-likeness (QED) is 0.779. The molecular weight excluding hydrogens is 302 g/mol. The van der Waals surface area contributed by atoms with Gasteiger partial charge in [-0.15, -0.1) is 0 Å². The summed E-state index contributed by atoms with van der Waals surface area (Å²) in [7, 11) is 2.07. The van der Waals surface area contributed by atoms with Gasteiger partial charge in [-0.25, -0.2) is 9.59 Å². The topological polar surface area (TPSA) is 124 Å². The summed E-state index contributed by atoms with van der Waals surface area (Å²) in [5.41, 5.74) is 0.555. The number of carbonyl (C=O) groups is 2. The van der Waals surface area contributed by atoms with E-state index in [4.69, 9.17) is 20.2 Å². The van der Waals surface area contributed by atoms with Gasteiger partial charge in [0.05, 0.1) is 11.8 Å². The average molecular weight is 319 g/mol.